The molecule has 116 valence electrons. The molecule has 2 rings (SSSR count). The molecule has 0 amide bonds. The number of hydrogen-bond donors (Lipinski definition) is 0. The van der Waals surface area contributed by atoms with E-state index in [0.29, 0.717) is 10.5 Å². The summed E-state index contributed by atoms with van der Waals surface area (Å²) in [5, 5.41) is 0. The van der Waals surface area contributed by atoms with Crippen molar-refractivity contribution in [1.29, 1.82) is 0 Å². The molecule has 1 aliphatic heterocycles. The van der Waals surface area contributed by atoms with Crippen LogP contribution in [0.3, 0.4) is 0 Å². The molecule has 0 radical (unpaired) electrons. The second kappa shape index (κ2) is 7.40. The molecule has 0 aromatic carbocycles. The first-order valence-corrected chi connectivity index (χ1v) is 8.85. The van der Waals surface area contributed by atoms with Gasteiger partial charge in [-0.2, -0.15) is 0 Å². The van der Waals surface area contributed by atoms with Crippen LogP contribution in [-0.4, -0.2) is 40.9 Å². The smallest absolute Gasteiger partial charge is 0.309 e. The molecule has 5 atom stereocenters. The maximum atomic E-state index is 11.8. The van der Waals surface area contributed by atoms with E-state index in [4.69, 9.17) is 14.2 Å². The Bertz CT molecular complexity index is 326. The van der Waals surface area contributed by atoms with Crippen molar-refractivity contribution in [1.82, 2.24) is 0 Å². The van der Waals surface area contributed by atoms with Gasteiger partial charge in [-0.25, -0.2) is 0 Å². The molecule has 0 aromatic rings. The van der Waals surface area contributed by atoms with E-state index in [1.807, 2.05) is 6.92 Å². The van der Waals surface area contributed by atoms with Crippen LogP contribution < -0.4 is 0 Å². The molecule has 4 nitrogen and oxygen atoms in total. The van der Waals surface area contributed by atoms with Gasteiger partial charge >= 0.3 is 5.97 Å². The third-order valence-corrected chi connectivity index (χ3v) is 5.38. The van der Waals surface area contributed by atoms with E-state index >= 15 is 0 Å². The summed E-state index contributed by atoms with van der Waals surface area (Å²) < 4.78 is 17.5. The van der Waals surface area contributed by atoms with Crippen LogP contribution in [-0.2, 0) is 19.0 Å². The molecule has 0 aromatic heterocycles. The predicted octanol–water partition coefficient (Wildman–Crippen LogP) is 3.10. The number of rotatable bonds is 4. The van der Waals surface area contributed by atoms with Gasteiger partial charge in [-0.15, -0.1) is 0 Å². The standard InChI is InChI=1S/C15H25IO4/c1-4-18-15(17)11-7-13(16)14(8-11)20-12-5-9(2)19-10(3)6-12/h9-14H,4-8H2,1-3H3. The van der Waals surface area contributed by atoms with Crippen LogP contribution in [0.1, 0.15) is 46.5 Å². The Morgan fingerprint density at radius 2 is 1.85 bits per heavy atom. The first kappa shape index (κ1) is 16.5. The molecule has 0 bridgehead atoms. The zero-order valence-corrected chi connectivity index (χ0v) is 14.7. The summed E-state index contributed by atoms with van der Waals surface area (Å²) in [6, 6.07) is 0. The van der Waals surface area contributed by atoms with Crippen LogP contribution >= 0.6 is 22.6 Å². The number of esters is 1. The van der Waals surface area contributed by atoms with Gasteiger partial charge in [-0.1, -0.05) is 22.6 Å². The molecule has 5 heteroatoms. The fourth-order valence-corrected chi connectivity index (χ4v) is 4.32. The maximum absolute atomic E-state index is 11.8. The minimum absolute atomic E-state index is 0.0107. The number of hydrogen-bond acceptors (Lipinski definition) is 4. The number of carbonyl (C=O) groups is 1. The fraction of sp³-hybridized carbons (Fsp3) is 0.933. The molecular weight excluding hydrogens is 371 g/mol. The molecule has 2 fully saturated rings. The minimum atomic E-state index is -0.0611. The van der Waals surface area contributed by atoms with Gasteiger partial charge in [0.15, 0.2) is 0 Å². The number of carbonyl (C=O) groups excluding carboxylic acids is 1. The lowest BCUT2D eigenvalue weighted by Crippen LogP contribution is -2.37. The van der Waals surface area contributed by atoms with Gasteiger partial charge in [0.1, 0.15) is 0 Å². The van der Waals surface area contributed by atoms with Crippen molar-refractivity contribution in [3.8, 4) is 0 Å². The van der Waals surface area contributed by atoms with E-state index in [1.54, 1.807) is 0 Å². The zero-order chi connectivity index (χ0) is 14.7. The Morgan fingerprint density at radius 1 is 1.20 bits per heavy atom. The molecule has 2 aliphatic rings. The first-order valence-electron chi connectivity index (χ1n) is 7.61. The van der Waals surface area contributed by atoms with E-state index in [2.05, 4.69) is 36.4 Å². The summed E-state index contributed by atoms with van der Waals surface area (Å²) in [5.41, 5.74) is 0. The van der Waals surface area contributed by atoms with E-state index in [9.17, 15) is 4.79 Å². The Hall–Kier alpha value is 0.120. The van der Waals surface area contributed by atoms with Gasteiger partial charge in [-0.3, -0.25) is 4.79 Å². The number of ether oxygens (including phenoxy) is 3. The third kappa shape index (κ3) is 4.31. The highest BCUT2D eigenvalue weighted by Crippen LogP contribution is 2.36. The van der Waals surface area contributed by atoms with Crippen LogP contribution in [0.15, 0.2) is 0 Å². The summed E-state index contributed by atoms with van der Waals surface area (Å²) in [5.74, 6) is -0.0504. The minimum Gasteiger partial charge on any atom is -0.466 e. The summed E-state index contributed by atoms with van der Waals surface area (Å²) in [6.07, 6.45) is 4.54. The van der Waals surface area contributed by atoms with E-state index < -0.39 is 0 Å². The molecule has 1 heterocycles. The highest BCUT2D eigenvalue weighted by atomic mass is 127. The van der Waals surface area contributed by atoms with E-state index in [1.165, 1.54) is 0 Å². The summed E-state index contributed by atoms with van der Waals surface area (Å²) in [4.78, 5) is 11.8. The van der Waals surface area contributed by atoms with Gasteiger partial charge in [0, 0.05) is 3.92 Å². The van der Waals surface area contributed by atoms with Crippen molar-refractivity contribution >= 4 is 28.6 Å². The summed E-state index contributed by atoms with van der Waals surface area (Å²) in [6.45, 7) is 6.52. The van der Waals surface area contributed by atoms with Gasteiger partial charge < -0.3 is 14.2 Å². The average molecular weight is 396 g/mol. The Balaban J connectivity index is 1.85. The van der Waals surface area contributed by atoms with Crippen molar-refractivity contribution in [3.05, 3.63) is 0 Å². The van der Waals surface area contributed by atoms with Crippen molar-refractivity contribution in [2.45, 2.75) is 74.8 Å². The van der Waals surface area contributed by atoms with Crippen molar-refractivity contribution in [3.63, 3.8) is 0 Å². The molecule has 0 spiro atoms. The van der Waals surface area contributed by atoms with Crippen molar-refractivity contribution in [2.24, 2.45) is 5.92 Å². The Morgan fingerprint density at radius 3 is 2.45 bits per heavy atom. The molecule has 1 saturated heterocycles. The molecule has 20 heavy (non-hydrogen) atoms. The quantitative estimate of drug-likeness (QED) is 0.416. The molecular formula is C15H25IO4. The molecule has 1 saturated carbocycles. The largest absolute Gasteiger partial charge is 0.466 e. The Labute approximate surface area is 135 Å². The highest BCUT2D eigenvalue weighted by molar-refractivity contribution is 14.1. The van der Waals surface area contributed by atoms with Crippen LogP contribution in [0.4, 0.5) is 0 Å². The van der Waals surface area contributed by atoms with E-state index in [0.717, 1.165) is 25.7 Å². The normalized spacial score (nSPS) is 41.6. The molecule has 5 unspecified atom stereocenters. The summed E-state index contributed by atoms with van der Waals surface area (Å²) in [7, 11) is 0. The third-order valence-electron chi connectivity index (χ3n) is 4.07. The van der Waals surface area contributed by atoms with Crippen LogP contribution in [0.2, 0.25) is 0 Å². The highest BCUT2D eigenvalue weighted by Gasteiger charge is 2.40. The summed E-state index contributed by atoms with van der Waals surface area (Å²) >= 11 is 2.41. The first-order chi connectivity index (χ1) is 9.49. The van der Waals surface area contributed by atoms with Crippen LogP contribution in [0.25, 0.3) is 0 Å². The molecule has 0 N–H and O–H groups in total. The van der Waals surface area contributed by atoms with Crippen molar-refractivity contribution < 1.29 is 19.0 Å². The predicted molar refractivity (Wildman–Crippen MR) is 85.1 cm³/mol. The van der Waals surface area contributed by atoms with Crippen LogP contribution in [0.5, 0.6) is 0 Å². The number of halogens is 1. The lowest BCUT2D eigenvalue weighted by Gasteiger charge is -2.34. The van der Waals surface area contributed by atoms with Gasteiger partial charge in [0.05, 0.1) is 36.9 Å². The van der Waals surface area contributed by atoms with E-state index in [-0.39, 0.29) is 36.3 Å². The monoisotopic (exact) mass is 396 g/mol. The zero-order valence-electron chi connectivity index (χ0n) is 12.5. The average Bonchev–Trinajstić information content (AvgIpc) is 2.70. The Kier molecular flexibility index (Phi) is 6.10. The lowest BCUT2D eigenvalue weighted by atomic mass is 10.0. The van der Waals surface area contributed by atoms with Gasteiger partial charge in [0.25, 0.3) is 0 Å². The fourth-order valence-electron chi connectivity index (χ4n) is 3.24. The van der Waals surface area contributed by atoms with Gasteiger partial charge in [-0.05, 0) is 46.5 Å². The van der Waals surface area contributed by atoms with Gasteiger partial charge in [0.2, 0.25) is 0 Å². The lowest BCUT2D eigenvalue weighted by molar-refractivity contribution is -0.149. The van der Waals surface area contributed by atoms with Crippen LogP contribution in [0, 0.1) is 5.92 Å². The van der Waals surface area contributed by atoms with Crippen molar-refractivity contribution in [2.75, 3.05) is 6.61 Å². The SMILES string of the molecule is CCOC(=O)C1CC(I)C(OC2CC(C)OC(C)C2)C1. The second-order valence-electron chi connectivity index (χ2n) is 5.96. The maximum Gasteiger partial charge on any atom is 0.309 e. The molecule has 1 aliphatic carbocycles. The number of alkyl halides is 1. The topological polar surface area (TPSA) is 44.8 Å². The second-order valence-corrected chi connectivity index (χ2v) is 7.56.